The van der Waals surface area contributed by atoms with E-state index in [0.717, 1.165) is 23.8 Å². The van der Waals surface area contributed by atoms with Crippen LogP contribution in [-0.2, 0) is 5.41 Å². The molecule has 3 heteroatoms. The molecule has 3 unspecified atom stereocenters. The fraction of sp³-hybridized carbons (Fsp3) is 0.667. The quantitative estimate of drug-likeness (QED) is 0.919. The standard InChI is InChI=1S/C18H29NO2/c1-12-6-8-14(16(19)10-12)18(2,3)15-11-13(20-4)7-9-17(15)21-5/h7,9,11-12,14,16H,6,8,10,19H2,1-5H3. The zero-order valence-electron chi connectivity index (χ0n) is 14.0. The fourth-order valence-electron chi connectivity index (χ4n) is 3.84. The molecule has 1 aliphatic rings. The third-order valence-corrected chi connectivity index (χ3v) is 5.19. The summed E-state index contributed by atoms with van der Waals surface area (Å²) in [5.74, 6) is 3.00. The van der Waals surface area contributed by atoms with Crippen LogP contribution in [0.2, 0.25) is 0 Å². The largest absolute Gasteiger partial charge is 0.497 e. The number of hydrogen-bond acceptors (Lipinski definition) is 3. The first-order valence-corrected chi connectivity index (χ1v) is 7.88. The highest BCUT2D eigenvalue weighted by Gasteiger charge is 2.40. The molecule has 0 aliphatic heterocycles. The van der Waals surface area contributed by atoms with Crippen molar-refractivity contribution >= 4 is 0 Å². The highest BCUT2D eigenvalue weighted by atomic mass is 16.5. The molecule has 0 heterocycles. The monoisotopic (exact) mass is 291 g/mol. The Morgan fingerprint density at radius 1 is 1.14 bits per heavy atom. The molecule has 1 fully saturated rings. The molecule has 1 saturated carbocycles. The fourth-order valence-corrected chi connectivity index (χ4v) is 3.84. The molecule has 3 atom stereocenters. The third-order valence-electron chi connectivity index (χ3n) is 5.19. The van der Waals surface area contributed by atoms with Gasteiger partial charge in [0.05, 0.1) is 14.2 Å². The SMILES string of the molecule is COc1ccc(OC)c(C(C)(C)C2CCC(C)CC2N)c1. The average Bonchev–Trinajstić information content (AvgIpc) is 2.46. The summed E-state index contributed by atoms with van der Waals surface area (Å²) in [6, 6.07) is 6.29. The zero-order valence-corrected chi connectivity index (χ0v) is 14.0. The minimum absolute atomic E-state index is 0.0283. The second kappa shape index (κ2) is 6.27. The molecule has 1 aromatic carbocycles. The number of ether oxygens (including phenoxy) is 2. The van der Waals surface area contributed by atoms with Gasteiger partial charge in [-0.15, -0.1) is 0 Å². The predicted molar refractivity (Wildman–Crippen MR) is 87.1 cm³/mol. The summed E-state index contributed by atoms with van der Waals surface area (Å²) in [6.07, 6.45) is 3.55. The van der Waals surface area contributed by atoms with Gasteiger partial charge in [0.15, 0.2) is 0 Å². The summed E-state index contributed by atoms with van der Waals surface area (Å²) < 4.78 is 11.0. The van der Waals surface area contributed by atoms with Crippen LogP contribution in [0, 0.1) is 11.8 Å². The molecule has 3 nitrogen and oxygen atoms in total. The Balaban J connectivity index is 2.38. The van der Waals surface area contributed by atoms with Gasteiger partial charge < -0.3 is 15.2 Å². The van der Waals surface area contributed by atoms with Crippen LogP contribution < -0.4 is 15.2 Å². The number of hydrogen-bond donors (Lipinski definition) is 1. The van der Waals surface area contributed by atoms with Gasteiger partial charge in [-0.1, -0.05) is 27.2 Å². The Bertz CT molecular complexity index is 484. The highest BCUT2D eigenvalue weighted by molar-refractivity contribution is 5.45. The van der Waals surface area contributed by atoms with Gasteiger partial charge in [0.2, 0.25) is 0 Å². The van der Waals surface area contributed by atoms with Gasteiger partial charge in [-0.25, -0.2) is 0 Å². The van der Waals surface area contributed by atoms with Crippen molar-refractivity contribution < 1.29 is 9.47 Å². The lowest BCUT2D eigenvalue weighted by atomic mass is 9.63. The predicted octanol–water partition coefficient (Wildman–Crippen LogP) is 3.74. The molecule has 2 N–H and O–H groups in total. The minimum atomic E-state index is -0.0283. The van der Waals surface area contributed by atoms with E-state index < -0.39 is 0 Å². The number of methoxy groups -OCH3 is 2. The lowest BCUT2D eigenvalue weighted by Gasteiger charge is -2.43. The summed E-state index contributed by atoms with van der Waals surface area (Å²) in [4.78, 5) is 0. The maximum Gasteiger partial charge on any atom is 0.122 e. The van der Waals surface area contributed by atoms with Gasteiger partial charge in [-0.3, -0.25) is 0 Å². The van der Waals surface area contributed by atoms with Crippen LogP contribution in [-0.4, -0.2) is 20.3 Å². The number of nitrogens with two attached hydrogens (primary N) is 1. The van der Waals surface area contributed by atoms with Crippen LogP contribution in [0.3, 0.4) is 0 Å². The summed E-state index contributed by atoms with van der Waals surface area (Å²) in [6.45, 7) is 6.87. The smallest absolute Gasteiger partial charge is 0.122 e. The van der Waals surface area contributed by atoms with Crippen LogP contribution in [0.15, 0.2) is 18.2 Å². The molecular formula is C18H29NO2. The van der Waals surface area contributed by atoms with Gasteiger partial charge in [0.1, 0.15) is 11.5 Å². The maximum atomic E-state index is 6.48. The second-order valence-corrected chi connectivity index (χ2v) is 6.98. The molecule has 21 heavy (non-hydrogen) atoms. The van der Waals surface area contributed by atoms with Gasteiger partial charge in [-0.2, -0.15) is 0 Å². The molecule has 1 aromatic rings. The summed E-state index contributed by atoms with van der Waals surface area (Å²) in [7, 11) is 3.43. The van der Waals surface area contributed by atoms with Crippen LogP contribution in [0.1, 0.15) is 45.6 Å². The summed E-state index contributed by atoms with van der Waals surface area (Å²) in [5, 5.41) is 0. The number of benzene rings is 1. The topological polar surface area (TPSA) is 44.5 Å². The normalized spacial score (nSPS) is 26.5. The Labute approximate surface area is 128 Å². The van der Waals surface area contributed by atoms with Crippen molar-refractivity contribution in [1.29, 1.82) is 0 Å². The van der Waals surface area contributed by atoms with E-state index in [4.69, 9.17) is 15.2 Å². The Kier molecular flexibility index (Phi) is 4.82. The molecule has 0 amide bonds. The first-order valence-electron chi connectivity index (χ1n) is 7.88. The molecular weight excluding hydrogens is 262 g/mol. The van der Waals surface area contributed by atoms with Crippen molar-refractivity contribution in [2.45, 2.75) is 51.5 Å². The molecule has 1 aliphatic carbocycles. The first-order chi connectivity index (χ1) is 9.90. The average molecular weight is 291 g/mol. The van der Waals surface area contributed by atoms with Crippen molar-refractivity contribution in [3.63, 3.8) is 0 Å². The van der Waals surface area contributed by atoms with Gasteiger partial charge in [0, 0.05) is 11.6 Å². The van der Waals surface area contributed by atoms with Crippen molar-refractivity contribution in [3.8, 4) is 11.5 Å². The van der Waals surface area contributed by atoms with Gasteiger partial charge in [-0.05, 0) is 48.3 Å². The Hall–Kier alpha value is -1.22. The van der Waals surface area contributed by atoms with Crippen molar-refractivity contribution in [2.24, 2.45) is 17.6 Å². The van der Waals surface area contributed by atoms with Crippen molar-refractivity contribution in [3.05, 3.63) is 23.8 Å². The summed E-state index contributed by atoms with van der Waals surface area (Å²) in [5.41, 5.74) is 7.65. The van der Waals surface area contributed by atoms with E-state index in [1.807, 2.05) is 12.1 Å². The summed E-state index contributed by atoms with van der Waals surface area (Å²) >= 11 is 0. The molecule has 0 saturated heterocycles. The Morgan fingerprint density at radius 3 is 2.43 bits per heavy atom. The lowest BCUT2D eigenvalue weighted by molar-refractivity contribution is 0.168. The van der Waals surface area contributed by atoms with Crippen LogP contribution in [0.25, 0.3) is 0 Å². The highest BCUT2D eigenvalue weighted by Crippen LogP contribution is 2.45. The zero-order chi connectivity index (χ0) is 15.6. The molecule has 2 rings (SSSR count). The van der Waals surface area contributed by atoms with Crippen LogP contribution >= 0.6 is 0 Å². The van der Waals surface area contributed by atoms with E-state index in [9.17, 15) is 0 Å². The molecule has 0 spiro atoms. The first kappa shape index (κ1) is 16.2. The van der Waals surface area contributed by atoms with E-state index in [1.165, 1.54) is 18.4 Å². The van der Waals surface area contributed by atoms with Crippen molar-refractivity contribution in [1.82, 2.24) is 0 Å². The third kappa shape index (κ3) is 3.18. The van der Waals surface area contributed by atoms with E-state index in [0.29, 0.717) is 5.92 Å². The molecule has 0 aromatic heterocycles. The number of rotatable bonds is 4. The van der Waals surface area contributed by atoms with Gasteiger partial charge >= 0.3 is 0 Å². The molecule has 0 radical (unpaired) electrons. The Morgan fingerprint density at radius 2 is 1.86 bits per heavy atom. The van der Waals surface area contributed by atoms with Crippen LogP contribution in [0.5, 0.6) is 11.5 Å². The lowest BCUT2D eigenvalue weighted by Crippen LogP contribution is -2.45. The van der Waals surface area contributed by atoms with E-state index in [2.05, 4.69) is 26.8 Å². The van der Waals surface area contributed by atoms with Gasteiger partial charge in [0.25, 0.3) is 0 Å². The maximum absolute atomic E-state index is 6.48. The minimum Gasteiger partial charge on any atom is -0.497 e. The van der Waals surface area contributed by atoms with E-state index in [1.54, 1.807) is 14.2 Å². The van der Waals surface area contributed by atoms with E-state index in [-0.39, 0.29) is 11.5 Å². The van der Waals surface area contributed by atoms with Crippen LogP contribution in [0.4, 0.5) is 0 Å². The van der Waals surface area contributed by atoms with Crippen molar-refractivity contribution in [2.75, 3.05) is 14.2 Å². The molecule has 118 valence electrons. The van der Waals surface area contributed by atoms with E-state index >= 15 is 0 Å². The second-order valence-electron chi connectivity index (χ2n) is 6.98. The molecule has 0 bridgehead atoms.